The number of hydrogen-bond acceptors (Lipinski definition) is 9. The number of hydrogen-bond donors (Lipinski definition) is 0. The second-order valence-electron chi connectivity index (χ2n) is 21.5. The number of aromatic nitrogens is 3. The first-order valence-electron chi connectivity index (χ1n) is 26.8. The van der Waals surface area contributed by atoms with Crippen molar-refractivity contribution >= 4 is 50.6 Å². The molecule has 0 saturated carbocycles. The van der Waals surface area contributed by atoms with Crippen molar-refractivity contribution in [1.82, 2.24) is 13.7 Å². The molecule has 3 aliphatic heterocycles. The van der Waals surface area contributed by atoms with E-state index < -0.39 is 0 Å². The monoisotopic (exact) mass is 982 g/mol. The predicted molar refractivity (Wildman–Crippen MR) is 280 cm³/mol. The third kappa shape index (κ3) is 9.87. The summed E-state index contributed by atoms with van der Waals surface area (Å²) in [7, 11) is 10.8. The topological polar surface area (TPSA) is 121 Å². The Bertz CT molecular complexity index is 2630. The van der Waals surface area contributed by atoms with Crippen LogP contribution in [0.1, 0.15) is 123 Å². The minimum absolute atomic E-state index is 0.258. The predicted octanol–water partition coefficient (Wildman–Crippen LogP) is 10.5. The van der Waals surface area contributed by atoms with E-state index in [4.69, 9.17) is 28.4 Å². The molecule has 3 saturated heterocycles. The van der Waals surface area contributed by atoms with Crippen LogP contribution in [0.15, 0.2) is 54.6 Å². The normalized spacial score (nSPS) is 21.7. The fourth-order valence-corrected chi connectivity index (χ4v) is 13.9. The molecule has 0 amide bonds. The zero-order valence-corrected chi connectivity index (χ0v) is 43.5. The molecule has 3 aromatic carbocycles. The van der Waals surface area contributed by atoms with Crippen molar-refractivity contribution in [1.29, 1.82) is 0 Å². The maximum Gasteiger partial charge on any atom is 0.337 e. The Labute approximate surface area is 424 Å². The molecule has 12 heteroatoms. The van der Waals surface area contributed by atoms with E-state index in [2.05, 4.69) is 53.0 Å². The van der Waals surface area contributed by atoms with E-state index in [0.717, 1.165) is 114 Å². The molecule has 0 radical (unpaired) electrons. The van der Waals surface area contributed by atoms with Gasteiger partial charge in [-0.1, -0.05) is 0 Å². The molecule has 0 spiro atoms. The summed E-state index contributed by atoms with van der Waals surface area (Å²) in [6.07, 6.45) is 17.8. The van der Waals surface area contributed by atoms with Crippen LogP contribution in [0, 0.1) is 35.5 Å². The van der Waals surface area contributed by atoms with Gasteiger partial charge in [0.25, 0.3) is 0 Å². The van der Waals surface area contributed by atoms with Gasteiger partial charge < -0.3 is 42.1 Å². The van der Waals surface area contributed by atoms with E-state index in [0.29, 0.717) is 16.7 Å². The first-order chi connectivity index (χ1) is 35.1. The number of rotatable bonds is 6. The summed E-state index contributed by atoms with van der Waals surface area (Å²) in [5.41, 5.74) is 14.3. The Kier molecular flexibility index (Phi) is 15.3. The third-order valence-electron chi connectivity index (χ3n) is 18.0. The molecular weight excluding hydrogens is 907 g/mol. The van der Waals surface area contributed by atoms with Crippen LogP contribution in [0.2, 0.25) is 0 Å². The van der Waals surface area contributed by atoms with Gasteiger partial charge in [-0.25, -0.2) is 14.4 Å². The van der Waals surface area contributed by atoms with Crippen LogP contribution in [0.4, 0.5) is 0 Å². The lowest BCUT2D eigenvalue weighted by Crippen LogP contribution is -2.28. The number of carbonyl (C=O) groups excluding carboxylic acids is 3. The molecular formula is C60H75N3O9. The van der Waals surface area contributed by atoms with Crippen molar-refractivity contribution in [2.45, 2.75) is 96.3 Å². The van der Waals surface area contributed by atoms with Crippen LogP contribution >= 0.6 is 0 Å². The maximum absolute atomic E-state index is 11.9. The molecule has 1 unspecified atom stereocenters. The highest BCUT2D eigenvalue weighted by Gasteiger charge is 2.34. The minimum atomic E-state index is -0.258. The van der Waals surface area contributed by atoms with Gasteiger partial charge in [0.1, 0.15) is 0 Å². The standard InChI is InChI=1S/3C20H25NO3/c3*1-21-18-5-3-14(13-7-9-24-10-8-13)11-16(18)17-12-15(20(22)23-2)4-6-19(17)21/h3*4,6,12-14H,3,5,7-11H2,1-2H3/t2*14-;/m10./s1. The summed E-state index contributed by atoms with van der Waals surface area (Å²) in [5.74, 6) is 3.81. The lowest BCUT2D eigenvalue weighted by Gasteiger charge is -2.33. The highest BCUT2D eigenvalue weighted by molar-refractivity contribution is 5.98. The fourth-order valence-electron chi connectivity index (χ4n) is 13.9. The summed E-state index contributed by atoms with van der Waals surface area (Å²) in [4.78, 5) is 35.7. The van der Waals surface area contributed by atoms with E-state index >= 15 is 0 Å². The number of benzene rings is 3. The van der Waals surface area contributed by atoms with Gasteiger partial charge in [0.05, 0.1) is 38.0 Å². The molecule has 3 fully saturated rings. The van der Waals surface area contributed by atoms with E-state index in [1.807, 2.05) is 36.4 Å². The van der Waals surface area contributed by atoms with Crippen molar-refractivity contribution < 1.29 is 42.8 Å². The molecule has 0 bridgehead atoms. The average Bonchev–Trinajstić information content (AvgIpc) is 4.01. The largest absolute Gasteiger partial charge is 0.465 e. The van der Waals surface area contributed by atoms with Crippen LogP contribution in [0.3, 0.4) is 0 Å². The van der Waals surface area contributed by atoms with E-state index in [9.17, 15) is 14.4 Å². The van der Waals surface area contributed by atoms with Gasteiger partial charge in [0.15, 0.2) is 0 Å². The van der Waals surface area contributed by atoms with Crippen LogP contribution in [0.25, 0.3) is 32.7 Å². The molecule has 12 nitrogen and oxygen atoms in total. The van der Waals surface area contributed by atoms with Gasteiger partial charge in [0.2, 0.25) is 0 Å². The first-order valence-corrected chi connectivity index (χ1v) is 26.8. The number of fused-ring (bicyclic) bond motifs is 9. The van der Waals surface area contributed by atoms with Crippen molar-refractivity contribution in [2.75, 3.05) is 61.0 Å². The first kappa shape index (κ1) is 50.1. The Morgan fingerprint density at radius 1 is 0.403 bits per heavy atom. The number of nitrogens with zero attached hydrogens (tertiary/aromatic N) is 3. The van der Waals surface area contributed by atoms with Gasteiger partial charge in [-0.2, -0.15) is 0 Å². The summed E-state index contributed by atoms with van der Waals surface area (Å²) >= 11 is 0. The van der Waals surface area contributed by atoms with Gasteiger partial charge in [-0.3, -0.25) is 0 Å². The Hall–Kier alpha value is -5.43. The summed E-state index contributed by atoms with van der Waals surface area (Å²) in [6, 6.07) is 17.8. The fraction of sp³-hybridized carbons (Fsp3) is 0.550. The lowest BCUT2D eigenvalue weighted by molar-refractivity contribution is 0.0438. The second kappa shape index (κ2) is 22.0. The van der Waals surface area contributed by atoms with Crippen LogP contribution in [-0.4, -0.2) is 92.6 Å². The number of methoxy groups -OCH3 is 3. The van der Waals surface area contributed by atoms with Gasteiger partial charge in [-0.05, 0) is 203 Å². The molecule has 0 N–H and O–H groups in total. The number of esters is 3. The Morgan fingerprint density at radius 3 is 0.917 bits per heavy atom. The minimum Gasteiger partial charge on any atom is -0.465 e. The van der Waals surface area contributed by atoms with Gasteiger partial charge in [0, 0.05) is 111 Å². The quantitative estimate of drug-likeness (QED) is 0.119. The summed E-state index contributed by atoms with van der Waals surface area (Å²) < 4.78 is 38.2. The van der Waals surface area contributed by atoms with Crippen molar-refractivity contribution in [2.24, 2.45) is 56.7 Å². The highest BCUT2D eigenvalue weighted by atomic mass is 16.5. The highest BCUT2D eigenvalue weighted by Crippen LogP contribution is 2.42. The Balaban J connectivity index is 0.000000124. The van der Waals surface area contributed by atoms with Crippen LogP contribution in [0.5, 0.6) is 0 Å². The second-order valence-corrected chi connectivity index (χ2v) is 21.5. The number of ether oxygens (including phenoxy) is 6. The van der Waals surface area contributed by atoms with Gasteiger partial charge in [-0.15, -0.1) is 0 Å². The van der Waals surface area contributed by atoms with Crippen LogP contribution < -0.4 is 0 Å². The SMILES string of the molecule is COC(=O)c1ccc2c(c1)c1c(n2C)CCC(C2CCOCC2)C1.COC(=O)c1ccc2c(c1)c1c(n2C)CC[C@@H](C2CCOCC2)C1.COC(=O)c1ccc2c(c1)c1c(n2C)CC[C@H](C2CCOCC2)C1. The molecule has 6 heterocycles. The molecule has 3 aromatic heterocycles. The molecule has 3 aliphatic carbocycles. The number of carbonyl (C=O) groups is 3. The van der Waals surface area contributed by atoms with E-state index in [-0.39, 0.29) is 17.9 Å². The number of aryl methyl sites for hydroxylation is 3. The zero-order valence-electron chi connectivity index (χ0n) is 43.5. The molecule has 12 rings (SSSR count). The molecule has 6 aliphatic rings. The van der Waals surface area contributed by atoms with Gasteiger partial charge >= 0.3 is 17.9 Å². The molecule has 3 atom stereocenters. The van der Waals surface area contributed by atoms with Crippen molar-refractivity contribution in [3.05, 3.63) is 105 Å². The lowest BCUT2D eigenvalue weighted by atomic mass is 9.75. The smallest absolute Gasteiger partial charge is 0.337 e. The Morgan fingerprint density at radius 2 is 0.667 bits per heavy atom. The molecule has 6 aromatic rings. The van der Waals surface area contributed by atoms with Crippen molar-refractivity contribution in [3.63, 3.8) is 0 Å². The van der Waals surface area contributed by atoms with E-state index in [1.54, 1.807) is 0 Å². The van der Waals surface area contributed by atoms with E-state index in [1.165, 1.54) is 146 Å². The molecule has 72 heavy (non-hydrogen) atoms. The summed E-state index contributed by atoms with van der Waals surface area (Å²) in [5, 5.41) is 3.69. The third-order valence-corrected chi connectivity index (χ3v) is 18.0. The average molecular weight is 982 g/mol. The molecule has 384 valence electrons. The zero-order chi connectivity index (χ0) is 50.0. The summed E-state index contributed by atoms with van der Waals surface area (Å²) in [6.45, 7) is 5.48. The van der Waals surface area contributed by atoms with Crippen molar-refractivity contribution in [3.8, 4) is 0 Å². The van der Waals surface area contributed by atoms with Crippen LogP contribution in [-0.2, 0) is 88.1 Å². The maximum atomic E-state index is 11.9.